The number of Topliss-reactive ketones (excluding diaryl/α,β-unsaturated/α-hetero) is 1. The van der Waals surface area contributed by atoms with Crippen LogP contribution in [0.4, 0.5) is 0 Å². The van der Waals surface area contributed by atoms with Gasteiger partial charge in [-0.1, -0.05) is 58.8 Å². The zero-order chi connectivity index (χ0) is 17.9. The van der Waals surface area contributed by atoms with Crippen LogP contribution in [-0.4, -0.2) is 21.1 Å². The SMILES string of the molecule is CC(C)CCCCCCCCCC(=O)Cc1c(O)cc(O)cc1O. The van der Waals surface area contributed by atoms with Crippen molar-refractivity contribution in [1.82, 2.24) is 0 Å². The van der Waals surface area contributed by atoms with Crippen LogP contribution in [0.1, 0.15) is 77.2 Å². The zero-order valence-corrected chi connectivity index (χ0v) is 15.1. The summed E-state index contributed by atoms with van der Waals surface area (Å²) in [5.74, 6) is 0.116. The monoisotopic (exact) mass is 336 g/mol. The van der Waals surface area contributed by atoms with Gasteiger partial charge in [-0.15, -0.1) is 0 Å². The first-order valence-electron chi connectivity index (χ1n) is 9.15. The van der Waals surface area contributed by atoms with Crippen LogP contribution in [0.3, 0.4) is 0 Å². The Kier molecular flexibility index (Phi) is 9.28. The summed E-state index contributed by atoms with van der Waals surface area (Å²) >= 11 is 0. The lowest BCUT2D eigenvalue weighted by atomic mass is 10.0. The van der Waals surface area contributed by atoms with E-state index in [0.717, 1.165) is 37.3 Å². The highest BCUT2D eigenvalue weighted by molar-refractivity contribution is 5.82. The summed E-state index contributed by atoms with van der Waals surface area (Å²) in [5, 5.41) is 28.6. The minimum Gasteiger partial charge on any atom is -0.508 e. The topological polar surface area (TPSA) is 77.8 Å². The Morgan fingerprint density at radius 1 is 0.875 bits per heavy atom. The number of ketones is 1. The van der Waals surface area contributed by atoms with Gasteiger partial charge in [-0.25, -0.2) is 0 Å². The third-order valence-corrected chi connectivity index (χ3v) is 4.30. The largest absolute Gasteiger partial charge is 0.508 e. The number of unbranched alkanes of at least 4 members (excludes halogenated alkanes) is 6. The van der Waals surface area contributed by atoms with E-state index in [1.165, 1.54) is 32.1 Å². The molecule has 3 N–H and O–H groups in total. The lowest BCUT2D eigenvalue weighted by Gasteiger charge is -2.07. The molecule has 0 bridgehead atoms. The Bertz CT molecular complexity index is 485. The maximum atomic E-state index is 12.0. The number of carbonyl (C=O) groups excluding carboxylic acids is 1. The molecular formula is C20H32O4. The smallest absolute Gasteiger partial charge is 0.137 e. The van der Waals surface area contributed by atoms with Crippen LogP contribution < -0.4 is 0 Å². The quantitative estimate of drug-likeness (QED) is 0.465. The maximum absolute atomic E-state index is 12.0. The van der Waals surface area contributed by atoms with Crippen LogP contribution in [-0.2, 0) is 11.2 Å². The molecule has 0 aliphatic rings. The van der Waals surface area contributed by atoms with E-state index in [1.807, 2.05) is 0 Å². The minimum absolute atomic E-state index is 0.00298. The van der Waals surface area contributed by atoms with Crippen LogP contribution in [0.15, 0.2) is 12.1 Å². The van der Waals surface area contributed by atoms with Gasteiger partial charge in [0.2, 0.25) is 0 Å². The molecule has 0 atom stereocenters. The molecule has 136 valence electrons. The normalized spacial score (nSPS) is 11.1. The Morgan fingerprint density at radius 3 is 1.92 bits per heavy atom. The van der Waals surface area contributed by atoms with Crippen molar-refractivity contribution in [2.75, 3.05) is 0 Å². The van der Waals surface area contributed by atoms with Crippen LogP contribution in [0.25, 0.3) is 0 Å². The van der Waals surface area contributed by atoms with Gasteiger partial charge in [-0.05, 0) is 12.3 Å². The highest BCUT2D eigenvalue weighted by Gasteiger charge is 2.13. The fourth-order valence-corrected chi connectivity index (χ4v) is 2.85. The van der Waals surface area contributed by atoms with Crippen molar-refractivity contribution in [1.29, 1.82) is 0 Å². The van der Waals surface area contributed by atoms with E-state index in [4.69, 9.17) is 0 Å². The van der Waals surface area contributed by atoms with E-state index in [-0.39, 0.29) is 35.0 Å². The second kappa shape index (κ2) is 11.0. The lowest BCUT2D eigenvalue weighted by Crippen LogP contribution is -2.03. The standard InChI is InChI=1S/C20H32O4/c1-15(2)10-8-6-4-3-5-7-9-11-16(21)12-18-19(23)13-17(22)14-20(18)24/h13-15,22-24H,3-12H2,1-2H3. The Hall–Kier alpha value is -1.71. The molecule has 0 fully saturated rings. The highest BCUT2D eigenvalue weighted by Crippen LogP contribution is 2.32. The first-order chi connectivity index (χ1) is 11.4. The van der Waals surface area contributed by atoms with E-state index in [0.29, 0.717) is 6.42 Å². The molecule has 0 unspecified atom stereocenters. The van der Waals surface area contributed by atoms with Crippen molar-refractivity contribution in [3.8, 4) is 17.2 Å². The predicted molar refractivity (Wildman–Crippen MR) is 96.5 cm³/mol. The number of benzene rings is 1. The fraction of sp³-hybridized carbons (Fsp3) is 0.650. The molecule has 0 aliphatic heterocycles. The Balaban J connectivity index is 2.13. The van der Waals surface area contributed by atoms with Crippen molar-refractivity contribution >= 4 is 5.78 Å². The molecular weight excluding hydrogens is 304 g/mol. The molecule has 0 saturated carbocycles. The van der Waals surface area contributed by atoms with E-state index in [9.17, 15) is 20.1 Å². The molecule has 0 spiro atoms. The summed E-state index contributed by atoms with van der Waals surface area (Å²) in [5.41, 5.74) is 0.197. The first-order valence-corrected chi connectivity index (χ1v) is 9.15. The van der Waals surface area contributed by atoms with Gasteiger partial charge in [0.05, 0.1) is 0 Å². The van der Waals surface area contributed by atoms with Gasteiger partial charge in [0, 0.05) is 30.5 Å². The summed E-state index contributed by atoms with van der Waals surface area (Å²) in [4.78, 5) is 12.0. The van der Waals surface area contributed by atoms with Gasteiger partial charge < -0.3 is 15.3 Å². The molecule has 24 heavy (non-hydrogen) atoms. The minimum atomic E-state index is -0.234. The molecule has 0 saturated heterocycles. The van der Waals surface area contributed by atoms with Gasteiger partial charge in [0.25, 0.3) is 0 Å². The average Bonchev–Trinajstić information content (AvgIpc) is 2.49. The number of hydrogen-bond donors (Lipinski definition) is 3. The molecule has 0 heterocycles. The molecule has 0 radical (unpaired) electrons. The van der Waals surface area contributed by atoms with Gasteiger partial charge in [0.1, 0.15) is 23.0 Å². The van der Waals surface area contributed by atoms with Crippen molar-refractivity contribution in [3.05, 3.63) is 17.7 Å². The molecule has 4 nitrogen and oxygen atoms in total. The molecule has 4 heteroatoms. The summed E-state index contributed by atoms with van der Waals surface area (Å²) in [7, 11) is 0. The summed E-state index contributed by atoms with van der Waals surface area (Å²) in [6, 6.07) is 2.28. The van der Waals surface area contributed by atoms with E-state index < -0.39 is 0 Å². The summed E-state index contributed by atoms with van der Waals surface area (Å²) in [6.45, 7) is 4.52. The molecule has 1 rings (SSSR count). The van der Waals surface area contributed by atoms with Gasteiger partial charge in [-0.3, -0.25) is 4.79 Å². The number of phenolic OH excluding ortho intramolecular Hbond substituents is 3. The van der Waals surface area contributed by atoms with Crippen molar-refractivity contribution in [2.24, 2.45) is 5.92 Å². The second-order valence-electron chi connectivity index (χ2n) is 7.09. The van der Waals surface area contributed by atoms with E-state index >= 15 is 0 Å². The van der Waals surface area contributed by atoms with Crippen LogP contribution in [0.5, 0.6) is 17.2 Å². The first kappa shape index (κ1) is 20.3. The van der Waals surface area contributed by atoms with Crippen LogP contribution >= 0.6 is 0 Å². The molecule has 1 aromatic rings. The summed E-state index contributed by atoms with van der Waals surface area (Å²) < 4.78 is 0. The zero-order valence-electron chi connectivity index (χ0n) is 15.1. The highest BCUT2D eigenvalue weighted by atomic mass is 16.3. The van der Waals surface area contributed by atoms with E-state index in [1.54, 1.807) is 0 Å². The third kappa shape index (κ3) is 8.23. The van der Waals surface area contributed by atoms with Gasteiger partial charge in [-0.2, -0.15) is 0 Å². The Labute approximate surface area is 145 Å². The average molecular weight is 336 g/mol. The van der Waals surface area contributed by atoms with Crippen molar-refractivity contribution in [2.45, 2.75) is 78.1 Å². The molecule has 0 amide bonds. The maximum Gasteiger partial charge on any atom is 0.137 e. The van der Waals surface area contributed by atoms with Crippen molar-refractivity contribution < 1.29 is 20.1 Å². The number of hydrogen-bond acceptors (Lipinski definition) is 4. The van der Waals surface area contributed by atoms with Gasteiger partial charge >= 0.3 is 0 Å². The fourth-order valence-electron chi connectivity index (χ4n) is 2.85. The predicted octanol–water partition coefficient (Wildman–Crippen LogP) is 5.08. The second-order valence-corrected chi connectivity index (χ2v) is 7.09. The van der Waals surface area contributed by atoms with E-state index in [2.05, 4.69) is 13.8 Å². The number of phenols is 3. The van der Waals surface area contributed by atoms with Crippen molar-refractivity contribution in [3.63, 3.8) is 0 Å². The lowest BCUT2D eigenvalue weighted by molar-refractivity contribution is -0.118. The number of rotatable bonds is 12. The number of carbonyl (C=O) groups is 1. The van der Waals surface area contributed by atoms with Crippen LogP contribution in [0.2, 0.25) is 0 Å². The summed E-state index contributed by atoms with van der Waals surface area (Å²) in [6.07, 6.45) is 9.96. The molecule has 0 aliphatic carbocycles. The number of aromatic hydroxyl groups is 3. The van der Waals surface area contributed by atoms with Gasteiger partial charge in [0.15, 0.2) is 0 Å². The Morgan fingerprint density at radius 2 is 1.38 bits per heavy atom. The van der Waals surface area contributed by atoms with Crippen LogP contribution in [0, 0.1) is 5.92 Å². The molecule has 1 aromatic carbocycles. The third-order valence-electron chi connectivity index (χ3n) is 4.30. The molecule has 0 aromatic heterocycles.